The molecule has 6 rings (SSSR count). The lowest BCUT2D eigenvalue weighted by Gasteiger charge is -2.31. The van der Waals surface area contributed by atoms with Crippen molar-refractivity contribution in [2.45, 2.75) is 63.5 Å². The highest BCUT2D eigenvalue weighted by atomic mass is 32.1. The molecule has 0 aliphatic heterocycles. The summed E-state index contributed by atoms with van der Waals surface area (Å²) in [5.74, 6) is 0.314. The Morgan fingerprint density at radius 3 is 2.05 bits per heavy atom. The molecule has 4 atom stereocenters. The van der Waals surface area contributed by atoms with Crippen LogP contribution < -0.4 is 10.6 Å². The number of benzene rings is 2. The van der Waals surface area contributed by atoms with Gasteiger partial charge >= 0.3 is 0 Å². The summed E-state index contributed by atoms with van der Waals surface area (Å²) in [7, 11) is 0. The Hall–Kier alpha value is -3.74. The molecule has 214 valence electrons. The molecule has 42 heavy (non-hydrogen) atoms. The molecule has 2 aliphatic carbocycles. The Kier molecular flexibility index (Phi) is 8.27. The number of hydrogen-bond acceptors (Lipinski definition) is 4. The van der Waals surface area contributed by atoms with E-state index in [-0.39, 0.29) is 29.8 Å². The third-order valence-corrected chi connectivity index (χ3v) is 11.0. The second-order valence-electron chi connectivity index (χ2n) is 11.5. The maximum Gasteiger partial charge on any atom is 0.244 e. The fourth-order valence-electron chi connectivity index (χ4n) is 6.68. The second-order valence-corrected chi connectivity index (χ2v) is 13.6. The van der Waals surface area contributed by atoms with E-state index in [1.54, 1.807) is 17.4 Å². The van der Waals surface area contributed by atoms with E-state index >= 15 is 0 Å². The number of carbonyl (C=O) groups excluding carboxylic acids is 2. The molecule has 4 nitrogen and oxygen atoms in total. The molecule has 2 amide bonds. The smallest absolute Gasteiger partial charge is 0.244 e. The summed E-state index contributed by atoms with van der Waals surface area (Å²) in [6.07, 6.45) is 8.36. The maximum atomic E-state index is 13.2. The van der Waals surface area contributed by atoms with Gasteiger partial charge in [-0.1, -0.05) is 55.1 Å². The Morgan fingerprint density at radius 1 is 0.810 bits per heavy atom. The molecule has 2 aliphatic rings. The standard InChI is InChI=1S/C36H36N2O2S2/c1-4-33(39)37-27-18-25-19-28(42-36(25)32(21-27)30-12-8-6-10-23(30)3)13-14-34(40)38-26-17-24-15-16-41-35(24)31(20-26)29-11-7-5-9-22(29)2/h4-16,19,26-27,31-32H,1,17-18,20-21H2,2-3H3,(H,37,39)(H,38,40)/b14-13-/t26-,27-,31-,32+/m1/s1. The monoisotopic (exact) mass is 592 g/mol. The van der Waals surface area contributed by atoms with E-state index in [9.17, 15) is 9.59 Å². The molecule has 0 radical (unpaired) electrons. The van der Waals surface area contributed by atoms with E-state index in [4.69, 9.17) is 0 Å². The van der Waals surface area contributed by atoms with E-state index in [0.29, 0.717) is 5.92 Å². The molecule has 4 aromatic rings. The number of carbonyl (C=O) groups is 2. The van der Waals surface area contributed by atoms with Crippen molar-refractivity contribution in [3.05, 3.63) is 133 Å². The highest BCUT2D eigenvalue weighted by Gasteiger charge is 2.32. The van der Waals surface area contributed by atoms with Gasteiger partial charge in [0.15, 0.2) is 0 Å². The van der Waals surface area contributed by atoms with Gasteiger partial charge in [0.05, 0.1) is 0 Å². The largest absolute Gasteiger partial charge is 0.349 e. The maximum absolute atomic E-state index is 13.2. The minimum absolute atomic E-state index is 0.0387. The molecule has 6 heteroatoms. The summed E-state index contributed by atoms with van der Waals surface area (Å²) in [5.41, 5.74) is 7.78. The van der Waals surface area contributed by atoms with E-state index in [1.165, 1.54) is 49.2 Å². The summed E-state index contributed by atoms with van der Waals surface area (Å²) in [5, 5.41) is 8.61. The first-order valence-corrected chi connectivity index (χ1v) is 16.3. The van der Waals surface area contributed by atoms with Gasteiger partial charge in [-0.3, -0.25) is 9.59 Å². The molecule has 0 saturated carbocycles. The number of nitrogens with one attached hydrogen (secondary N) is 2. The van der Waals surface area contributed by atoms with Crippen LogP contribution in [0.2, 0.25) is 0 Å². The van der Waals surface area contributed by atoms with Gasteiger partial charge < -0.3 is 10.6 Å². The number of thiophene rings is 2. The van der Waals surface area contributed by atoms with Crippen LogP contribution >= 0.6 is 22.7 Å². The Bertz CT molecular complexity index is 1660. The van der Waals surface area contributed by atoms with E-state index in [2.05, 4.69) is 97.1 Å². The minimum Gasteiger partial charge on any atom is -0.349 e. The third kappa shape index (κ3) is 5.92. The molecule has 0 spiro atoms. The summed E-state index contributed by atoms with van der Waals surface area (Å²) >= 11 is 3.58. The van der Waals surface area contributed by atoms with Crippen molar-refractivity contribution in [2.24, 2.45) is 0 Å². The summed E-state index contributed by atoms with van der Waals surface area (Å²) in [4.78, 5) is 29.1. The normalized spacial score (nSPS) is 21.4. The molecular formula is C36H36N2O2S2. The number of amides is 2. The molecule has 2 heterocycles. The van der Waals surface area contributed by atoms with Crippen LogP contribution in [0.3, 0.4) is 0 Å². The quantitative estimate of drug-likeness (QED) is 0.219. The highest BCUT2D eigenvalue weighted by Crippen LogP contribution is 2.43. The van der Waals surface area contributed by atoms with Gasteiger partial charge in [0, 0.05) is 44.6 Å². The van der Waals surface area contributed by atoms with Gasteiger partial charge in [0.1, 0.15) is 0 Å². The predicted octanol–water partition coefficient (Wildman–Crippen LogP) is 7.45. The first-order chi connectivity index (χ1) is 20.4. The van der Waals surface area contributed by atoms with Crippen LogP contribution in [0.25, 0.3) is 6.08 Å². The van der Waals surface area contributed by atoms with Gasteiger partial charge in [-0.15, -0.1) is 22.7 Å². The number of rotatable bonds is 7. The lowest BCUT2D eigenvalue weighted by Crippen LogP contribution is -2.39. The molecule has 2 N–H and O–H groups in total. The van der Waals surface area contributed by atoms with Crippen molar-refractivity contribution in [3.8, 4) is 0 Å². The lowest BCUT2D eigenvalue weighted by molar-refractivity contribution is -0.118. The number of hydrogen-bond donors (Lipinski definition) is 2. The molecule has 0 saturated heterocycles. The van der Waals surface area contributed by atoms with Crippen LogP contribution in [0, 0.1) is 13.8 Å². The summed E-state index contributed by atoms with van der Waals surface area (Å²) in [6.45, 7) is 7.94. The molecule has 2 aromatic carbocycles. The Morgan fingerprint density at radius 2 is 1.40 bits per heavy atom. The fraction of sp³-hybridized carbons (Fsp3) is 0.278. The average molecular weight is 593 g/mol. The van der Waals surface area contributed by atoms with Crippen LogP contribution in [0.1, 0.15) is 72.7 Å². The predicted molar refractivity (Wildman–Crippen MR) is 174 cm³/mol. The van der Waals surface area contributed by atoms with Crippen LogP contribution in [-0.4, -0.2) is 23.9 Å². The van der Waals surface area contributed by atoms with Crippen LogP contribution in [-0.2, 0) is 22.4 Å². The lowest BCUT2D eigenvalue weighted by atomic mass is 9.80. The van der Waals surface area contributed by atoms with E-state index in [0.717, 1.165) is 30.6 Å². The number of fused-ring (bicyclic) bond motifs is 2. The van der Waals surface area contributed by atoms with E-state index in [1.807, 2.05) is 17.4 Å². The van der Waals surface area contributed by atoms with Gasteiger partial charge in [-0.05, 0) is 103 Å². The second kappa shape index (κ2) is 12.2. The van der Waals surface area contributed by atoms with Gasteiger partial charge in [0.2, 0.25) is 11.8 Å². The highest BCUT2D eigenvalue weighted by molar-refractivity contribution is 7.13. The third-order valence-electron chi connectivity index (χ3n) is 8.65. The van der Waals surface area contributed by atoms with Crippen molar-refractivity contribution in [2.75, 3.05) is 0 Å². The first-order valence-electron chi connectivity index (χ1n) is 14.6. The first kappa shape index (κ1) is 28.4. The zero-order chi connectivity index (χ0) is 29.2. The van der Waals surface area contributed by atoms with Gasteiger partial charge in [-0.25, -0.2) is 0 Å². The van der Waals surface area contributed by atoms with Gasteiger partial charge in [-0.2, -0.15) is 0 Å². The van der Waals surface area contributed by atoms with Crippen molar-refractivity contribution in [1.82, 2.24) is 10.6 Å². The molecule has 2 aromatic heterocycles. The number of aryl methyl sites for hydroxylation is 2. The van der Waals surface area contributed by atoms with Crippen molar-refractivity contribution < 1.29 is 9.59 Å². The summed E-state index contributed by atoms with van der Waals surface area (Å²) in [6, 6.07) is 21.6. The summed E-state index contributed by atoms with van der Waals surface area (Å²) < 4.78 is 0. The van der Waals surface area contributed by atoms with Crippen LogP contribution in [0.4, 0.5) is 0 Å². The molecule has 0 bridgehead atoms. The Labute approximate surface area is 256 Å². The minimum atomic E-state index is -0.138. The van der Waals surface area contributed by atoms with E-state index < -0.39 is 0 Å². The van der Waals surface area contributed by atoms with Crippen molar-refractivity contribution in [1.29, 1.82) is 0 Å². The fourth-order valence-corrected chi connectivity index (χ4v) is 8.98. The molecule has 0 unspecified atom stereocenters. The van der Waals surface area contributed by atoms with Crippen molar-refractivity contribution in [3.63, 3.8) is 0 Å². The molecule has 0 fully saturated rings. The SMILES string of the molecule is C=CC(=O)N[C@@H]1Cc2cc(/C=C\C(=O)N[C@@H]3Cc4ccsc4[C@@H](c4ccccc4C)C3)sc2[C@H](c2ccccc2C)C1. The topological polar surface area (TPSA) is 58.2 Å². The van der Waals surface area contributed by atoms with Crippen LogP contribution in [0.15, 0.2) is 84.8 Å². The average Bonchev–Trinajstić information content (AvgIpc) is 3.63. The zero-order valence-electron chi connectivity index (χ0n) is 24.1. The van der Waals surface area contributed by atoms with Gasteiger partial charge in [0.25, 0.3) is 0 Å². The zero-order valence-corrected chi connectivity index (χ0v) is 25.7. The Balaban J connectivity index is 1.19. The molecular weight excluding hydrogens is 557 g/mol. The van der Waals surface area contributed by atoms with Crippen molar-refractivity contribution >= 4 is 40.6 Å². The van der Waals surface area contributed by atoms with Crippen LogP contribution in [0.5, 0.6) is 0 Å².